The highest BCUT2D eigenvalue weighted by atomic mass is 16.5. The lowest BCUT2D eigenvalue weighted by atomic mass is 10.2. The number of benzene rings is 2. The number of methoxy groups -OCH3 is 1. The fraction of sp³-hybridized carbons (Fsp3) is 0.0556. The zero-order valence-electron chi connectivity index (χ0n) is 12.6. The van der Waals surface area contributed by atoms with Crippen LogP contribution in [0.25, 0.3) is 5.69 Å². The third-order valence-corrected chi connectivity index (χ3v) is 3.27. The van der Waals surface area contributed by atoms with Crippen LogP contribution in [0.4, 0.5) is 0 Å². The molecule has 0 radical (unpaired) electrons. The molecule has 0 N–H and O–H groups in total. The Morgan fingerprint density at radius 3 is 2.61 bits per heavy atom. The van der Waals surface area contributed by atoms with E-state index in [2.05, 4.69) is 10.1 Å². The molecule has 0 saturated heterocycles. The quantitative estimate of drug-likeness (QED) is 0.747. The van der Waals surface area contributed by atoms with Crippen LogP contribution in [-0.4, -0.2) is 22.8 Å². The second kappa shape index (κ2) is 6.70. The summed E-state index contributed by atoms with van der Waals surface area (Å²) in [5, 5.41) is 4.78. The van der Waals surface area contributed by atoms with Gasteiger partial charge in [-0.15, -0.1) is 0 Å². The van der Waals surface area contributed by atoms with E-state index >= 15 is 0 Å². The summed E-state index contributed by atoms with van der Waals surface area (Å²) in [5.74, 6) is 0.294. The molecule has 3 rings (SSSR count). The van der Waals surface area contributed by atoms with Gasteiger partial charge in [0.05, 0.1) is 24.4 Å². The first-order valence-electron chi connectivity index (χ1n) is 7.10. The van der Waals surface area contributed by atoms with Crippen molar-refractivity contribution < 1.29 is 9.53 Å². The first-order valence-corrected chi connectivity index (χ1v) is 7.10. The first kappa shape index (κ1) is 14.7. The molecule has 114 valence electrons. The minimum absolute atomic E-state index is 0.330. The van der Waals surface area contributed by atoms with Gasteiger partial charge in [-0.2, -0.15) is 5.10 Å². The monoisotopic (exact) mass is 305 g/mol. The van der Waals surface area contributed by atoms with Gasteiger partial charge in [0.1, 0.15) is 5.75 Å². The van der Waals surface area contributed by atoms with Crippen molar-refractivity contribution in [3.8, 4) is 11.4 Å². The van der Waals surface area contributed by atoms with Gasteiger partial charge in [0.15, 0.2) is 0 Å². The Morgan fingerprint density at radius 2 is 1.91 bits per heavy atom. The highest BCUT2D eigenvalue weighted by Crippen LogP contribution is 2.13. The van der Waals surface area contributed by atoms with Crippen LogP contribution in [0.1, 0.15) is 10.4 Å². The van der Waals surface area contributed by atoms with Gasteiger partial charge in [-0.05, 0) is 36.4 Å². The van der Waals surface area contributed by atoms with Crippen LogP contribution >= 0.6 is 0 Å². The van der Waals surface area contributed by atoms with Crippen LogP contribution in [0.2, 0.25) is 0 Å². The van der Waals surface area contributed by atoms with E-state index < -0.39 is 0 Å². The second-order valence-corrected chi connectivity index (χ2v) is 4.81. The van der Waals surface area contributed by atoms with Crippen molar-refractivity contribution in [2.45, 2.75) is 0 Å². The lowest BCUT2D eigenvalue weighted by molar-refractivity contribution is 0.0998. The van der Waals surface area contributed by atoms with Crippen LogP contribution in [0, 0.1) is 0 Å². The molecule has 1 amide bonds. The van der Waals surface area contributed by atoms with Crippen LogP contribution < -0.4 is 10.1 Å². The van der Waals surface area contributed by atoms with E-state index in [1.165, 1.54) is 0 Å². The minimum atomic E-state index is -0.330. The Labute approximate surface area is 133 Å². The molecule has 23 heavy (non-hydrogen) atoms. The molecule has 0 aliphatic heterocycles. The smallest absolute Gasteiger partial charge is 0.277 e. The molecule has 0 bridgehead atoms. The molecule has 0 atom stereocenters. The van der Waals surface area contributed by atoms with Crippen molar-refractivity contribution in [3.05, 3.63) is 84.0 Å². The van der Waals surface area contributed by atoms with E-state index in [1.807, 2.05) is 30.3 Å². The Kier molecular flexibility index (Phi) is 4.29. The fourth-order valence-electron chi connectivity index (χ4n) is 2.09. The van der Waals surface area contributed by atoms with E-state index in [-0.39, 0.29) is 5.91 Å². The van der Waals surface area contributed by atoms with Gasteiger partial charge >= 0.3 is 0 Å². The lowest BCUT2D eigenvalue weighted by Crippen LogP contribution is -2.11. The predicted molar refractivity (Wildman–Crippen MR) is 86.5 cm³/mol. The number of aromatic nitrogens is 2. The maximum absolute atomic E-state index is 12.2. The fourth-order valence-corrected chi connectivity index (χ4v) is 2.09. The number of carbonyl (C=O) groups excluding carboxylic acids is 1. The highest BCUT2D eigenvalue weighted by Gasteiger charge is 2.04. The van der Waals surface area contributed by atoms with Crippen molar-refractivity contribution in [1.29, 1.82) is 0 Å². The van der Waals surface area contributed by atoms with E-state index in [9.17, 15) is 4.79 Å². The summed E-state index contributed by atoms with van der Waals surface area (Å²) < 4.78 is 6.83. The van der Waals surface area contributed by atoms with Crippen LogP contribution in [-0.2, 0) is 0 Å². The van der Waals surface area contributed by atoms with Gasteiger partial charge in [-0.3, -0.25) is 4.79 Å². The number of para-hydroxylation sites is 1. The van der Waals surface area contributed by atoms with Crippen molar-refractivity contribution in [2.24, 2.45) is 4.99 Å². The normalized spacial score (nSPS) is 11.3. The third-order valence-electron chi connectivity index (χ3n) is 3.27. The number of ether oxygens (including phenoxy) is 1. The summed E-state index contributed by atoms with van der Waals surface area (Å²) in [6.07, 6.45) is 3.33. The molecule has 0 spiro atoms. The molecule has 5 heteroatoms. The second-order valence-electron chi connectivity index (χ2n) is 4.81. The number of amides is 1. The Morgan fingerprint density at radius 1 is 1.09 bits per heavy atom. The summed E-state index contributed by atoms with van der Waals surface area (Å²) in [6, 6.07) is 18.4. The standard InChI is InChI=1S/C18H15N3O2/c1-23-17-9-5-6-14(12-17)18(22)20-15-10-11-21(19-13-15)16-7-3-2-4-8-16/h2-13H,1H3/b20-15+. The topological polar surface area (TPSA) is 56.5 Å². The van der Waals surface area contributed by atoms with E-state index in [0.717, 1.165) is 5.69 Å². The van der Waals surface area contributed by atoms with E-state index in [1.54, 1.807) is 54.5 Å². The number of hydrogen-bond donors (Lipinski definition) is 0. The molecule has 1 aromatic heterocycles. The molecule has 5 nitrogen and oxygen atoms in total. The predicted octanol–water partition coefficient (Wildman–Crippen LogP) is 2.62. The van der Waals surface area contributed by atoms with Gasteiger partial charge in [-0.25, -0.2) is 9.67 Å². The summed E-state index contributed by atoms with van der Waals surface area (Å²) in [5.41, 5.74) is 1.42. The van der Waals surface area contributed by atoms with Crippen LogP contribution in [0.3, 0.4) is 0 Å². The summed E-state index contributed by atoms with van der Waals surface area (Å²) in [4.78, 5) is 16.2. The minimum Gasteiger partial charge on any atom is -0.497 e. The van der Waals surface area contributed by atoms with Crippen molar-refractivity contribution in [2.75, 3.05) is 7.11 Å². The highest BCUT2D eigenvalue weighted by molar-refractivity contribution is 5.95. The average molecular weight is 305 g/mol. The molecule has 0 unspecified atom stereocenters. The molecule has 0 aliphatic rings. The van der Waals surface area contributed by atoms with Crippen molar-refractivity contribution in [1.82, 2.24) is 9.78 Å². The van der Waals surface area contributed by atoms with Crippen LogP contribution in [0.15, 0.2) is 78.0 Å². The number of nitrogens with zero attached hydrogens (tertiary/aromatic N) is 3. The Balaban J connectivity index is 1.86. The lowest BCUT2D eigenvalue weighted by Gasteiger charge is -2.03. The summed E-state index contributed by atoms with van der Waals surface area (Å²) >= 11 is 0. The number of hydrogen-bond acceptors (Lipinski definition) is 3. The summed E-state index contributed by atoms with van der Waals surface area (Å²) in [6.45, 7) is 0. The molecular formula is C18H15N3O2. The molecular weight excluding hydrogens is 290 g/mol. The molecule has 2 aromatic carbocycles. The maximum atomic E-state index is 12.2. The molecule has 0 fully saturated rings. The van der Waals surface area contributed by atoms with Crippen LogP contribution in [0.5, 0.6) is 5.75 Å². The average Bonchev–Trinajstić information content (AvgIpc) is 2.63. The Bertz CT molecular complexity index is 866. The van der Waals surface area contributed by atoms with Crippen molar-refractivity contribution >= 4 is 5.91 Å². The number of rotatable bonds is 3. The third kappa shape index (κ3) is 3.52. The van der Waals surface area contributed by atoms with Crippen molar-refractivity contribution in [3.63, 3.8) is 0 Å². The van der Waals surface area contributed by atoms with Gasteiger partial charge in [-0.1, -0.05) is 24.3 Å². The molecule has 3 aromatic rings. The SMILES string of the molecule is COc1cccc(C(=O)/N=c2\ccn(-c3ccccc3)nc2)c1. The van der Waals surface area contributed by atoms with Gasteiger partial charge in [0, 0.05) is 11.8 Å². The Hall–Kier alpha value is -3.21. The zero-order valence-corrected chi connectivity index (χ0v) is 12.6. The van der Waals surface area contributed by atoms with Gasteiger partial charge < -0.3 is 4.74 Å². The van der Waals surface area contributed by atoms with E-state index in [4.69, 9.17) is 4.74 Å². The summed E-state index contributed by atoms with van der Waals surface area (Å²) in [7, 11) is 1.56. The largest absolute Gasteiger partial charge is 0.497 e. The molecule has 0 saturated carbocycles. The van der Waals surface area contributed by atoms with Gasteiger partial charge in [0.2, 0.25) is 0 Å². The number of carbonyl (C=O) groups is 1. The first-order chi connectivity index (χ1) is 11.3. The molecule has 0 aliphatic carbocycles. The van der Waals surface area contributed by atoms with Gasteiger partial charge in [0.25, 0.3) is 5.91 Å². The zero-order chi connectivity index (χ0) is 16.1. The maximum Gasteiger partial charge on any atom is 0.277 e. The van der Waals surface area contributed by atoms with E-state index in [0.29, 0.717) is 16.7 Å². The molecule has 1 heterocycles.